The molecule has 0 aliphatic carbocycles. The number of nitrogens with zero attached hydrogens (tertiary/aromatic N) is 3. The van der Waals surface area contributed by atoms with Crippen LogP contribution >= 0.6 is 0 Å². The predicted molar refractivity (Wildman–Crippen MR) is 77.1 cm³/mol. The van der Waals surface area contributed by atoms with Crippen LogP contribution in [0.5, 0.6) is 0 Å². The monoisotopic (exact) mass is 320 g/mol. The molecule has 1 amide bonds. The Balaban J connectivity index is 1.85. The van der Waals surface area contributed by atoms with Crippen LogP contribution in [0, 0.1) is 6.92 Å². The molecule has 0 saturated heterocycles. The Morgan fingerprint density at radius 3 is 2.78 bits per heavy atom. The van der Waals surface area contributed by atoms with Gasteiger partial charge in [0.15, 0.2) is 5.65 Å². The molecule has 118 valence electrons. The minimum Gasteiger partial charge on any atom is -0.319 e. The molecule has 3 aromatic rings. The molecule has 1 aromatic carbocycles. The average Bonchev–Trinajstić information content (AvgIpc) is 2.86. The fraction of sp³-hybridized carbons (Fsp3) is 0.133. The van der Waals surface area contributed by atoms with Crippen molar-refractivity contribution in [2.75, 3.05) is 5.32 Å². The SMILES string of the molecule is Cc1cc2ncc(NC(=O)c3cccc(C(F)(F)F)c3)cn2n1. The van der Waals surface area contributed by atoms with Crippen molar-refractivity contribution in [3.63, 3.8) is 0 Å². The zero-order chi connectivity index (χ0) is 16.6. The first-order valence-corrected chi connectivity index (χ1v) is 6.63. The second kappa shape index (κ2) is 5.38. The van der Waals surface area contributed by atoms with E-state index in [9.17, 15) is 18.0 Å². The van der Waals surface area contributed by atoms with Gasteiger partial charge in [0, 0.05) is 11.6 Å². The first kappa shape index (κ1) is 15.0. The number of aromatic nitrogens is 3. The van der Waals surface area contributed by atoms with Crippen LogP contribution in [0.3, 0.4) is 0 Å². The molecule has 0 saturated carbocycles. The van der Waals surface area contributed by atoms with Gasteiger partial charge in [-0.15, -0.1) is 0 Å². The number of hydrogen-bond donors (Lipinski definition) is 1. The third kappa shape index (κ3) is 3.15. The van der Waals surface area contributed by atoms with Gasteiger partial charge in [-0.2, -0.15) is 18.3 Å². The van der Waals surface area contributed by atoms with E-state index >= 15 is 0 Å². The van der Waals surface area contributed by atoms with Crippen molar-refractivity contribution >= 4 is 17.2 Å². The normalized spacial score (nSPS) is 11.7. The summed E-state index contributed by atoms with van der Waals surface area (Å²) in [5.74, 6) is -0.652. The first-order valence-electron chi connectivity index (χ1n) is 6.63. The van der Waals surface area contributed by atoms with E-state index in [1.54, 1.807) is 19.2 Å². The van der Waals surface area contributed by atoms with Gasteiger partial charge < -0.3 is 5.32 Å². The number of anilines is 1. The number of amides is 1. The van der Waals surface area contributed by atoms with Gasteiger partial charge in [0.25, 0.3) is 5.91 Å². The third-order valence-electron chi connectivity index (χ3n) is 3.15. The summed E-state index contributed by atoms with van der Waals surface area (Å²) < 4.78 is 39.5. The molecule has 1 N–H and O–H groups in total. The molecule has 2 aromatic heterocycles. The third-order valence-corrected chi connectivity index (χ3v) is 3.15. The summed E-state index contributed by atoms with van der Waals surface area (Å²) in [5.41, 5.74) is 0.749. The lowest BCUT2D eigenvalue weighted by Crippen LogP contribution is -2.14. The van der Waals surface area contributed by atoms with E-state index in [0.29, 0.717) is 11.3 Å². The van der Waals surface area contributed by atoms with Crippen LogP contribution in [0.1, 0.15) is 21.6 Å². The summed E-state index contributed by atoms with van der Waals surface area (Å²) in [5, 5.41) is 6.66. The van der Waals surface area contributed by atoms with Crippen molar-refractivity contribution in [2.45, 2.75) is 13.1 Å². The maximum Gasteiger partial charge on any atom is 0.416 e. The van der Waals surface area contributed by atoms with Crippen LogP contribution in [-0.4, -0.2) is 20.5 Å². The predicted octanol–water partition coefficient (Wildman–Crippen LogP) is 3.31. The molecule has 0 aliphatic heterocycles. The van der Waals surface area contributed by atoms with Crippen LogP contribution in [-0.2, 0) is 6.18 Å². The molecular weight excluding hydrogens is 309 g/mol. The number of aryl methyl sites for hydroxylation is 1. The summed E-state index contributed by atoms with van der Waals surface area (Å²) in [6, 6.07) is 5.99. The van der Waals surface area contributed by atoms with Crippen molar-refractivity contribution in [1.29, 1.82) is 0 Å². The van der Waals surface area contributed by atoms with Crippen molar-refractivity contribution in [3.8, 4) is 0 Å². The zero-order valence-electron chi connectivity index (χ0n) is 11.9. The van der Waals surface area contributed by atoms with Crippen LogP contribution in [0.2, 0.25) is 0 Å². The molecular formula is C15H11F3N4O. The van der Waals surface area contributed by atoms with Crippen LogP contribution in [0.4, 0.5) is 18.9 Å². The van der Waals surface area contributed by atoms with Crippen molar-refractivity contribution in [2.24, 2.45) is 0 Å². The molecule has 0 radical (unpaired) electrons. The highest BCUT2D eigenvalue weighted by Crippen LogP contribution is 2.29. The van der Waals surface area contributed by atoms with Gasteiger partial charge in [-0.1, -0.05) is 6.07 Å². The summed E-state index contributed by atoms with van der Waals surface area (Å²) in [7, 11) is 0. The highest BCUT2D eigenvalue weighted by molar-refractivity contribution is 6.04. The molecule has 0 fully saturated rings. The Morgan fingerprint density at radius 2 is 2.04 bits per heavy atom. The Bertz CT molecular complexity index is 886. The second-order valence-electron chi connectivity index (χ2n) is 4.96. The molecule has 8 heteroatoms. The number of nitrogens with one attached hydrogen (secondary N) is 1. The molecule has 0 bridgehead atoms. The van der Waals surface area contributed by atoms with Crippen LogP contribution < -0.4 is 5.32 Å². The van der Waals surface area contributed by atoms with Gasteiger partial charge in [-0.05, 0) is 25.1 Å². The van der Waals surface area contributed by atoms with E-state index in [1.165, 1.54) is 22.8 Å². The lowest BCUT2D eigenvalue weighted by Gasteiger charge is -2.09. The molecule has 0 aliphatic rings. The van der Waals surface area contributed by atoms with Gasteiger partial charge >= 0.3 is 6.18 Å². The molecule has 23 heavy (non-hydrogen) atoms. The molecule has 0 atom stereocenters. The molecule has 3 rings (SSSR count). The standard InChI is InChI=1S/C15H11F3N4O/c1-9-5-13-19-7-12(8-22(13)21-9)20-14(23)10-3-2-4-11(6-10)15(16,17)18/h2-8H,1H3,(H,20,23). The highest BCUT2D eigenvalue weighted by Gasteiger charge is 2.30. The molecule has 0 unspecified atom stereocenters. The van der Waals surface area contributed by atoms with E-state index in [4.69, 9.17) is 0 Å². The van der Waals surface area contributed by atoms with E-state index in [0.717, 1.165) is 17.8 Å². The van der Waals surface area contributed by atoms with E-state index < -0.39 is 17.6 Å². The molecule has 5 nitrogen and oxygen atoms in total. The number of carbonyl (C=O) groups excluding carboxylic acids is 1. The Hall–Kier alpha value is -2.90. The van der Waals surface area contributed by atoms with Crippen molar-refractivity contribution in [3.05, 3.63) is 59.5 Å². The Morgan fingerprint density at radius 1 is 1.26 bits per heavy atom. The fourth-order valence-corrected chi connectivity index (χ4v) is 2.10. The topological polar surface area (TPSA) is 59.3 Å². The number of carbonyl (C=O) groups is 1. The van der Waals surface area contributed by atoms with Gasteiger partial charge in [0.2, 0.25) is 0 Å². The van der Waals surface area contributed by atoms with Gasteiger partial charge in [0.05, 0.1) is 29.3 Å². The summed E-state index contributed by atoms with van der Waals surface area (Å²) >= 11 is 0. The number of benzene rings is 1. The number of fused-ring (bicyclic) bond motifs is 1. The maximum absolute atomic E-state index is 12.7. The van der Waals surface area contributed by atoms with E-state index in [2.05, 4.69) is 15.4 Å². The average molecular weight is 320 g/mol. The summed E-state index contributed by atoms with van der Waals surface area (Å²) in [6.45, 7) is 1.80. The summed E-state index contributed by atoms with van der Waals surface area (Å²) in [4.78, 5) is 16.2. The smallest absolute Gasteiger partial charge is 0.319 e. The summed E-state index contributed by atoms with van der Waals surface area (Å²) in [6.07, 6.45) is -1.54. The molecule has 2 heterocycles. The van der Waals surface area contributed by atoms with Crippen LogP contribution in [0.15, 0.2) is 42.7 Å². The quantitative estimate of drug-likeness (QED) is 0.788. The minimum atomic E-state index is -4.50. The lowest BCUT2D eigenvalue weighted by molar-refractivity contribution is -0.137. The lowest BCUT2D eigenvalue weighted by atomic mass is 10.1. The first-order chi connectivity index (χ1) is 10.8. The number of hydrogen-bond acceptors (Lipinski definition) is 3. The number of alkyl halides is 3. The Labute approximate surface area is 128 Å². The van der Waals surface area contributed by atoms with E-state index in [1.807, 2.05) is 0 Å². The second-order valence-corrected chi connectivity index (χ2v) is 4.96. The van der Waals surface area contributed by atoms with Crippen molar-refractivity contribution in [1.82, 2.24) is 14.6 Å². The van der Waals surface area contributed by atoms with E-state index in [-0.39, 0.29) is 5.56 Å². The maximum atomic E-state index is 12.7. The van der Waals surface area contributed by atoms with Crippen molar-refractivity contribution < 1.29 is 18.0 Å². The molecule has 0 spiro atoms. The largest absolute Gasteiger partial charge is 0.416 e. The van der Waals surface area contributed by atoms with Gasteiger partial charge in [-0.3, -0.25) is 4.79 Å². The minimum absolute atomic E-state index is 0.0865. The fourth-order valence-electron chi connectivity index (χ4n) is 2.10. The van der Waals surface area contributed by atoms with Gasteiger partial charge in [0.1, 0.15) is 0 Å². The Kier molecular flexibility index (Phi) is 3.51. The number of halogens is 3. The van der Waals surface area contributed by atoms with Crippen LogP contribution in [0.25, 0.3) is 5.65 Å². The van der Waals surface area contributed by atoms with Gasteiger partial charge in [-0.25, -0.2) is 9.50 Å². The zero-order valence-corrected chi connectivity index (χ0v) is 11.9. The highest BCUT2D eigenvalue weighted by atomic mass is 19.4. The number of rotatable bonds is 2.